The molecular formula is C37H24BNO2. The van der Waals surface area contributed by atoms with Crippen LogP contribution in [-0.2, 0) is 6.42 Å². The second-order valence-corrected chi connectivity index (χ2v) is 10.9. The van der Waals surface area contributed by atoms with E-state index in [0.29, 0.717) is 0 Å². The monoisotopic (exact) mass is 525 g/mol. The van der Waals surface area contributed by atoms with Crippen LogP contribution in [0.1, 0.15) is 11.1 Å². The SMILES string of the molecule is c1ccc(N2c3ccccc3Cc3cc(-c4ccc5c(c4)Oc4cccc6c4B5c4ccccc4O6)ccc32)cc1. The molecule has 4 heteroatoms. The largest absolute Gasteiger partial charge is 0.458 e. The van der Waals surface area contributed by atoms with Gasteiger partial charge in [0.2, 0.25) is 0 Å². The Morgan fingerprint density at radius 3 is 2.05 bits per heavy atom. The molecule has 3 heterocycles. The molecule has 3 aliphatic heterocycles. The highest BCUT2D eigenvalue weighted by molar-refractivity contribution is 6.98. The molecular weight excluding hydrogens is 501 g/mol. The lowest BCUT2D eigenvalue weighted by Gasteiger charge is -2.34. The zero-order valence-electron chi connectivity index (χ0n) is 22.2. The third-order valence-corrected chi connectivity index (χ3v) is 8.59. The van der Waals surface area contributed by atoms with Crippen LogP contribution in [0.4, 0.5) is 17.1 Å². The van der Waals surface area contributed by atoms with Gasteiger partial charge in [-0.2, -0.15) is 0 Å². The van der Waals surface area contributed by atoms with Crippen LogP contribution in [0.5, 0.6) is 23.0 Å². The Labute approximate surface area is 239 Å². The molecule has 0 unspecified atom stereocenters. The predicted octanol–water partition coefficient (Wildman–Crippen LogP) is 7.46. The summed E-state index contributed by atoms with van der Waals surface area (Å²) in [4.78, 5) is 2.38. The Hall–Kier alpha value is -5.22. The molecule has 0 saturated heterocycles. The van der Waals surface area contributed by atoms with Gasteiger partial charge in [-0.1, -0.05) is 78.9 Å². The Morgan fingerprint density at radius 2 is 1.15 bits per heavy atom. The van der Waals surface area contributed by atoms with Crippen LogP contribution in [0.2, 0.25) is 0 Å². The van der Waals surface area contributed by atoms with E-state index >= 15 is 0 Å². The van der Waals surface area contributed by atoms with E-state index in [1.54, 1.807) is 0 Å². The third kappa shape index (κ3) is 3.41. The molecule has 0 radical (unpaired) electrons. The lowest BCUT2D eigenvalue weighted by Crippen LogP contribution is -2.57. The van der Waals surface area contributed by atoms with Gasteiger partial charge in [-0.15, -0.1) is 0 Å². The van der Waals surface area contributed by atoms with Crippen LogP contribution in [0.15, 0.2) is 133 Å². The summed E-state index contributed by atoms with van der Waals surface area (Å²) in [6.45, 7) is 0.0865. The molecule has 6 aromatic rings. The maximum Gasteiger partial charge on any atom is 0.260 e. The summed E-state index contributed by atoms with van der Waals surface area (Å²) in [7, 11) is 0. The molecule has 0 fully saturated rings. The molecule has 6 aromatic carbocycles. The van der Waals surface area contributed by atoms with Crippen LogP contribution >= 0.6 is 0 Å². The Kier molecular flexibility index (Phi) is 4.76. The number of rotatable bonds is 2. The fourth-order valence-electron chi connectivity index (χ4n) is 6.75. The van der Waals surface area contributed by atoms with Crippen molar-refractivity contribution in [3.63, 3.8) is 0 Å². The van der Waals surface area contributed by atoms with Gasteiger partial charge >= 0.3 is 0 Å². The Balaban J connectivity index is 1.15. The predicted molar refractivity (Wildman–Crippen MR) is 167 cm³/mol. The van der Waals surface area contributed by atoms with Gasteiger partial charge in [0, 0.05) is 28.9 Å². The number of ether oxygens (including phenoxy) is 2. The van der Waals surface area contributed by atoms with Gasteiger partial charge in [-0.25, -0.2) is 0 Å². The first kappa shape index (κ1) is 22.6. The molecule has 0 N–H and O–H groups in total. The molecule has 0 bridgehead atoms. The van der Waals surface area contributed by atoms with Gasteiger partial charge in [-0.05, 0) is 87.8 Å². The lowest BCUT2D eigenvalue weighted by molar-refractivity contribution is 0.464. The van der Waals surface area contributed by atoms with E-state index in [9.17, 15) is 0 Å². The molecule has 3 aliphatic rings. The minimum absolute atomic E-state index is 0.0865. The normalized spacial score (nSPS) is 13.6. The van der Waals surface area contributed by atoms with Gasteiger partial charge in [0.25, 0.3) is 6.71 Å². The molecule has 41 heavy (non-hydrogen) atoms. The summed E-state index contributed by atoms with van der Waals surface area (Å²) in [6, 6.07) is 47.3. The van der Waals surface area contributed by atoms with Crippen molar-refractivity contribution in [3.05, 3.63) is 145 Å². The van der Waals surface area contributed by atoms with Crippen molar-refractivity contribution in [1.82, 2.24) is 0 Å². The van der Waals surface area contributed by atoms with Crippen molar-refractivity contribution < 1.29 is 9.47 Å². The maximum atomic E-state index is 6.55. The van der Waals surface area contributed by atoms with Crippen molar-refractivity contribution in [2.75, 3.05) is 4.90 Å². The molecule has 192 valence electrons. The van der Waals surface area contributed by atoms with Crippen molar-refractivity contribution >= 4 is 40.2 Å². The first-order valence-electron chi connectivity index (χ1n) is 14.1. The average molecular weight is 525 g/mol. The number of benzene rings is 6. The fraction of sp³-hybridized carbons (Fsp3) is 0.0270. The van der Waals surface area contributed by atoms with Crippen molar-refractivity contribution in [2.24, 2.45) is 0 Å². The summed E-state index contributed by atoms with van der Waals surface area (Å²) >= 11 is 0. The summed E-state index contributed by atoms with van der Waals surface area (Å²) in [6.07, 6.45) is 0.902. The van der Waals surface area contributed by atoms with Gasteiger partial charge in [0.1, 0.15) is 23.0 Å². The third-order valence-electron chi connectivity index (χ3n) is 8.59. The summed E-state index contributed by atoms with van der Waals surface area (Å²) < 4.78 is 12.8. The Bertz CT molecular complexity index is 2000. The molecule has 0 spiro atoms. The number of hydrogen-bond acceptors (Lipinski definition) is 3. The van der Waals surface area contributed by atoms with E-state index in [1.165, 1.54) is 44.7 Å². The zero-order valence-corrected chi connectivity index (χ0v) is 22.2. The second-order valence-electron chi connectivity index (χ2n) is 10.9. The van der Waals surface area contributed by atoms with E-state index in [-0.39, 0.29) is 6.71 Å². The topological polar surface area (TPSA) is 21.7 Å². The standard InChI is InChI=1S/C37H24BNO2/c1-2-10-28(11-3-1)39-31-13-6-4-9-26(31)22-27-21-24(18-20-32(27)39)25-17-19-30-36(23-25)41-35-16-8-15-34-37(35)38(30)29-12-5-7-14-33(29)40-34/h1-21,23H,22H2. The van der Waals surface area contributed by atoms with E-state index in [2.05, 4.69) is 114 Å². The average Bonchev–Trinajstić information content (AvgIpc) is 3.03. The van der Waals surface area contributed by atoms with Crippen LogP contribution in [0.25, 0.3) is 11.1 Å². The minimum atomic E-state index is 0.0865. The summed E-state index contributed by atoms with van der Waals surface area (Å²) in [5.41, 5.74) is 12.1. The van der Waals surface area contributed by atoms with Gasteiger partial charge < -0.3 is 14.4 Å². The van der Waals surface area contributed by atoms with E-state index in [0.717, 1.165) is 40.4 Å². The highest BCUT2D eigenvalue weighted by Gasteiger charge is 2.39. The number of fused-ring (bicyclic) bond motifs is 6. The van der Waals surface area contributed by atoms with E-state index in [4.69, 9.17) is 9.47 Å². The molecule has 0 aromatic heterocycles. The van der Waals surface area contributed by atoms with Gasteiger partial charge in [0.05, 0.1) is 0 Å². The first-order valence-corrected chi connectivity index (χ1v) is 14.1. The number of nitrogens with zero attached hydrogens (tertiary/aromatic N) is 1. The van der Waals surface area contributed by atoms with Gasteiger partial charge in [0.15, 0.2) is 0 Å². The molecule has 0 saturated carbocycles. The fourth-order valence-corrected chi connectivity index (χ4v) is 6.75. The summed E-state index contributed by atoms with van der Waals surface area (Å²) in [5, 5.41) is 0. The van der Waals surface area contributed by atoms with E-state index in [1.807, 2.05) is 24.3 Å². The van der Waals surface area contributed by atoms with Crippen LogP contribution < -0.4 is 30.8 Å². The first-order chi connectivity index (χ1) is 20.3. The molecule has 0 aliphatic carbocycles. The zero-order chi connectivity index (χ0) is 26.9. The minimum Gasteiger partial charge on any atom is -0.458 e. The maximum absolute atomic E-state index is 6.55. The van der Waals surface area contributed by atoms with Crippen LogP contribution in [-0.4, -0.2) is 6.71 Å². The second kappa shape index (κ2) is 8.64. The van der Waals surface area contributed by atoms with Crippen molar-refractivity contribution in [3.8, 4) is 34.1 Å². The highest BCUT2D eigenvalue weighted by Crippen LogP contribution is 2.45. The smallest absolute Gasteiger partial charge is 0.260 e. The number of anilines is 3. The highest BCUT2D eigenvalue weighted by atomic mass is 16.5. The summed E-state index contributed by atoms with van der Waals surface area (Å²) in [5.74, 6) is 3.56. The Morgan fingerprint density at radius 1 is 0.488 bits per heavy atom. The molecule has 9 rings (SSSR count). The van der Waals surface area contributed by atoms with E-state index < -0.39 is 0 Å². The van der Waals surface area contributed by atoms with Gasteiger partial charge in [-0.3, -0.25) is 0 Å². The molecule has 0 atom stereocenters. The number of para-hydroxylation sites is 3. The molecule has 3 nitrogen and oxygen atoms in total. The van der Waals surface area contributed by atoms with Crippen LogP contribution in [0, 0.1) is 0 Å². The van der Waals surface area contributed by atoms with Crippen molar-refractivity contribution in [1.29, 1.82) is 0 Å². The van der Waals surface area contributed by atoms with Crippen LogP contribution in [0.3, 0.4) is 0 Å². The quantitative estimate of drug-likeness (QED) is 0.219. The lowest BCUT2D eigenvalue weighted by atomic mass is 9.35. The molecule has 0 amide bonds. The van der Waals surface area contributed by atoms with Crippen molar-refractivity contribution in [2.45, 2.75) is 6.42 Å². The number of hydrogen-bond donors (Lipinski definition) is 0.